The summed E-state index contributed by atoms with van der Waals surface area (Å²) in [5.41, 5.74) is 3.06. The van der Waals surface area contributed by atoms with E-state index in [4.69, 9.17) is 0 Å². The molecule has 0 saturated carbocycles. The maximum atomic E-state index is 13.9. The summed E-state index contributed by atoms with van der Waals surface area (Å²) in [6.45, 7) is 4.02. The molecule has 4 aromatic carbocycles. The quantitative estimate of drug-likeness (QED) is 0.308. The van der Waals surface area contributed by atoms with Gasteiger partial charge in [0.25, 0.3) is 5.91 Å². The van der Waals surface area contributed by atoms with Crippen molar-refractivity contribution in [3.05, 3.63) is 120 Å². The van der Waals surface area contributed by atoms with Crippen LogP contribution in [-0.4, -0.2) is 59.6 Å². The lowest BCUT2D eigenvalue weighted by Gasteiger charge is -2.35. The van der Waals surface area contributed by atoms with Crippen LogP contribution in [0.2, 0.25) is 0 Å². The molecule has 4 nitrogen and oxygen atoms in total. The Bertz CT molecular complexity index is 1430. The molecular weight excluding hydrogens is 499 g/mol. The number of piperidine rings is 1. The summed E-state index contributed by atoms with van der Waals surface area (Å²) >= 11 is 0. The molecule has 2 aliphatic rings. The molecule has 0 bridgehead atoms. The van der Waals surface area contributed by atoms with Crippen molar-refractivity contribution in [3.63, 3.8) is 0 Å². The van der Waals surface area contributed by atoms with Crippen LogP contribution in [0.3, 0.4) is 0 Å². The zero-order valence-corrected chi connectivity index (χ0v) is 22.8. The maximum absolute atomic E-state index is 13.9. The molecule has 0 aromatic heterocycles. The molecule has 1 N–H and O–H groups in total. The molecule has 2 heterocycles. The summed E-state index contributed by atoms with van der Waals surface area (Å²) < 4.78 is 13.4. The summed E-state index contributed by atoms with van der Waals surface area (Å²) in [6.07, 6.45) is 2.14. The number of likely N-dealkylation sites (tertiary alicyclic amines) is 2. The fraction of sp³-hybridized carbons (Fsp3) is 0.343. The van der Waals surface area contributed by atoms with Crippen molar-refractivity contribution in [2.45, 2.75) is 31.3 Å². The van der Waals surface area contributed by atoms with E-state index in [-0.39, 0.29) is 23.6 Å². The first-order valence-corrected chi connectivity index (χ1v) is 14.5. The van der Waals surface area contributed by atoms with E-state index in [2.05, 4.69) is 17.0 Å². The molecule has 2 unspecified atom stereocenters. The van der Waals surface area contributed by atoms with Crippen LogP contribution in [0.5, 0.6) is 0 Å². The molecule has 0 radical (unpaired) electrons. The minimum Gasteiger partial charge on any atom is -0.392 e. The van der Waals surface area contributed by atoms with Gasteiger partial charge in [-0.05, 0) is 84.3 Å². The molecule has 1 amide bonds. The summed E-state index contributed by atoms with van der Waals surface area (Å²) in [4.78, 5) is 18.3. The summed E-state index contributed by atoms with van der Waals surface area (Å²) in [5.74, 6) is 0.509. The summed E-state index contributed by atoms with van der Waals surface area (Å²) in [5, 5.41) is 13.5. The Kier molecular flexibility index (Phi) is 7.94. The van der Waals surface area contributed by atoms with E-state index in [9.17, 15) is 14.3 Å². The smallest absolute Gasteiger partial charge is 0.254 e. The van der Waals surface area contributed by atoms with Crippen molar-refractivity contribution in [1.29, 1.82) is 0 Å². The Labute approximate surface area is 236 Å². The average molecular weight is 537 g/mol. The maximum Gasteiger partial charge on any atom is 0.254 e. The first kappa shape index (κ1) is 26.7. The first-order chi connectivity index (χ1) is 19.5. The van der Waals surface area contributed by atoms with Gasteiger partial charge in [0.05, 0.1) is 6.10 Å². The predicted octanol–water partition coefficient (Wildman–Crippen LogP) is 6.15. The SMILES string of the molecule is O=C(c1cccc2ccccc12)N1CC(CN2CCC(c3ccc(F)cc3)CC2)[C@H](C(O)Cc2ccccc2)C1. The molecule has 3 atom stereocenters. The summed E-state index contributed by atoms with van der Waals surface area (Å²) in [7, 11) is 0. The van der Waals surface area contributed by atoms with Crippen LogP contribution in [0, 0.1) is 17.7 Å². The second kappa shape index (κ2) is 11.9. The van der Waals surface area contributed by atoms with E-state index in [1.54, 1.807) is 12.1 Å². The fourth-order valence-corrected chi connectivity index (χ4v) is 6.80. The van der Waals surface area contributed by atoms with Gasteiger partial charge in [0.2, 0.25) is 0 Å². The number of hydrogen-bond donors (Lipinski definition) is 1. The van der Waals surface area contributed by atoms with Crippen LogP contribution in [0.15, 0.2) is 97.1 Å². The molecule has 6 rings (SSSR count). The highest BCUT2D eigenvalue weighted by molar-refractivity contribution is 6.07. The second-order valence-electron chi connectivity index (χ2n) is 11.5. The third kappa shape index (κ3) is 5.81. The molecule has 0 aliphatic carbocycles. The van der Waals surface area contributed by atoms with Crippen LogP contribution >= 0.6 is 0 Å². The van der Waals surface area contributed by atoms with Crippen LogP contribution in [-0.2, 0) is 6.42 Å². The van der Waals surface area contributed by atoms with Crippen LogP contribution in [0.25, 0.3) is 10.8 Å². The molecule has 206 valence electrons. The lowest BCUT2D eigenvalue weighted by Crippen LogP contribution is -2.40. The number of amides is 1. The van der Waals surface area contributed by atoms with E-state index in [1.165, 1.54) is 5.56 Å². The normalized spacial score (nSPS) is 21.1. The van der Waals surface area contributed by atoms with E-state index < -0.39 is 6.10 Å². The minimum atomic E-state index is -0.519. The average Bonchev–Trinajstić information content (AvgIpc) is 3.42. The van der Waals surface area contributed by atoms with Crippen molar-refractivity contribution in [3.8, 4) is 0 Å². The van der Waals surface area contributed by atoms with E-state index in [1.807, 2.05) is 77.7 Å². The minimum absolute atomic E-state index is 0.00829. The van der Waals surface area contributed by atoms with Crippen molar-refractivity contribution < 1.29 is 14.3 Å². The van der Waals surface area contributed by atoms with E-state index >= 15 is 0 Å². The topological polar surface area (TPSA) is 43.8 Å². The molecule has 2 saturated heterocycles. The Morgan fingerprint density at radius 3 is 2.33 bits per heavy atom. The number of aliphatic hydroxyl groups excluding tert-OH is 1. The third-order valence-corrected chi connectivity index (χ3v) is 9.00. The largest absolute Gasteiger partial charge is 0.392 e. The fourth-order valence-electron chi connectivity index (χ4n) is 6.80. The Hall–Kier alpha value is -3.54. The van der Waals surface area contributed by atoms with Crippen molar-refractivity contribution in [1.82, 2.24) is 9.80 Å². The van der Waals surface area contributed by atoms with Gasteiger partial charge < -0.3 is 14.9 Å². The van der Waals surface area contributed by atoms with Crippen molar-refractivity contribution in [2.75, 3.05) is 32.7 Å². The van der Waals surface area contributed by atoms with Gasteiger partial charge in [0.1, 0.15) is 5.82 Å². The number of hydrogen-bond acceptors (Lipinski definition) is 3. The van der Waals surface area contributed by atoms with Crippen LogP contribution in [0.4, 0.5) is 4.39 Å². The third-order valence-electron chi connectivity index (χ3n) is 9.00. The molecular formula is C35H37FN2O2. The number of halogens is 1. The highest BCUT2D eigenvalue weighted by atomic mass is 19.1. The molecule has 2 fully saturated rings. The Balaban J connectivity index is 1.18. The van der Waals surface area contributed by atoms with Gasteiger partial charge in [0, 0.05) is 31.1 Å². The van der Waals surface area contributed by atoms with E-state index in [0.717, 1.165) is 54.4 Å². The van der Waals surface area contributed by atoms with Crippen molar-refractivity contribution >= 4 is 16.7 Å². The number of carbonyl (C=O) groups is 1. The number of nitrogens with zero attached hydrogens (tertiary/aromatic N) is 2. The second-order valence-corrected chi connectivity index (χ2v) is 11.5. The lowest BCUT2D eigenvalue weighted by molar-refractivity contribution is 0.0706. The van der Waals surface area contributed by atoms with Gasteiger partial charge in [-0.3, -0.25) is 4.79 Å². The summed E-state index contributed by atoms with van der Waals surface area (Å²) in [6, 6.07) is 31.0. The van der Waals surface area contributed by atoms with Gasteiger partial charge in [-0.15, -0.1) is 0 Å². The highest BCUT2D eigenvalue weighted by Crippen LogP contribution is 2.34. The Morgan fingerprint density at radius 2 is 1.55 bits per heavy atom. The predicted molar refractivity (Wildman–Crippen MR) is 158 cm³/mol. The Morgan fingerprint density at radius 1 is 0.850 bits per heavy atom. The number of carbonyl (C=O) groups excluding carboxylic acids is 1. The molecule has 4 aromatic rings. The number of fused-ring (bicyclic) bond motifs is 1. The van der Waals surface area contributed by atoms with Gasteiger partial charge in [0.15, 0.2) is 0 Å². The zero-order chi connectivity index (χ0) is 27.5. The van der Waals surface area contributed by atoms with Gasteiger partial charge >= 0.3 is 0 Å². The van der Waals surface area contributed by atoms with E-state index in [0.29, 0.717) is 25.4 Å². The van der Waals surface area contributed by atoms with Gasteiger partial charge in [-0.25, -0.2) is 4.39 Å². The van der Waals surface area contributed by atoms with Crippen LogP contribution in [0.1, 0.15) is 40.2 Å². The van der Waals surface area contributed by atoms with Crippen molar-refractivity contribution in [2.24, 2.45) is 11.8 Å². The number of benzene rings is 4. The standard InChI is InChI=1S/C35H37FN2O2/c36-30-15-13-26(14-16-30)27-17-19-37(20-18-27)22-29-23-38(24-33(29)34(39)21-25-7-2-1-3-8-25)35(40)32-12-6-10-28-9-4-5-11-31(28)32/h1-16,27,29,33-34,39H,17-24H2/t29?,33-,34?/m1/s1. The lowest BCUT2D eigenvalue weighted by atomic mass is 9.85. The first-order valence-electron chi connectivity index (χ1n) is 14.5. The van der Waals surface area contributed by atoms with Gasteiger partial charge in [-0.1, -0.05) is 78.9 Å². The number of rotatable bonds is 7. The molecule has 5 heteroatoms. The molecule has 2 aliphatic heterocycles. The van der Waals surface area contributed by atoms with Gasteiger partial charge in [-0.2, -0.15) is 0 Å². The molecule has 40 heavy (non-hydrogen) atoms. The molecule has 0 spiro atoms. The van der Waals surface area contributed by atoms with Crippen LogP contribution < -0.4 is 0 Å². The monoisotopic (exact) mass is 536 g/mol. The highest BCUT2D eigenvalue weighted by Gasteiger charge is 2.40. The number of aliphatic hydroxyl groups is 1. The zero-order valence-electron chi connectivity index (χ0n) is 22.8.